The highest BCUT2D eigenvalue weighted by atomic mass is 19.3. The number of ether oxygens (including phenoxy) is 1. The molecule has 1 N–H and O–H groups in total. The van der Waals surface area contributed by atoms with E-state index in [4.69, 9.17) is 4.74 Å². The lowest BCUT2D eigenvalue weighted by atomic mass is 9.93. The summed E-state index contributed by atoms with van der Waals surface area (Å²) in [5.41, 5.74) is -0.144. The van der Waals surface area contributed by atoms with Gasteiger partial charge in [0.1, 0.15) is 0 Å². The third kappa shape index (κ3) is 3.03. The average molecular weight is 179 g/mol. The molecular formula is C8H15F2NO. The normalized spacial score (nSPS) is 23.0. The SMILES string of the molecule is CC1(NCC(F)F)CCOCC1. The molecule has 1 fully saturated rings. The highest BCUT2D eigenvalue weighted by Gasteiger charge is 2.27. The van der Waals surface area contributed by atoms with Crippen molar-refractivity contribution in [1.29, 1.82) is 0 Å². The van der Waals surface area contributed by atoms with E-state index < -0.39 is 6.43 Å². The monoisotopic (exact) mass is 179 g/mol. The molecule has 0 aromatic carbocycles. The minimum atomic E-state index is -2.26. The summed E-state index contributed by atoms with van der Waals surface area (Å²) in [6, 6.07) is 0. The van der Waals surface area contributed by atoms with Gasteiger partial charge in [0.05, 0.1) is 6.54 Å². The highest BCUT2D eigenvalue weighted by Crippen LogP contribution is 2.19. The smallest absolute Gasteiger partial charge is 0.250 e. The van der Waals surface area contributed by atoms with Gasteiger partial charge in [0.15, 0.2) is 0 Å². The molecule has 4 heteroatoms. The molecule has 1 aliphatic rings. The molecule has 0 aliphatic carbocycles. The minimum Gasteiger partial charge on any atom is -0.381 e. The fraction of sp³-hybridized carbons (Fsp3) is 1.00. The molecule has 0 bridgehead atoms. The van der Waals surface area contributed by atoms with Crippen LogP contribution in [-0.4, -0.2) is 31.7 Å². The van der Waals surface area contributed by atoms with Crippen LogP contribution >= 0.6 is 0 Å². The van der Waals surface area contributed by atoms with Gasteiger partial charge in [-0.15, -0.1) is 0 Å². The first-order valence-electron chi connectivity index (χ1n) is 4.23. The first kappa shape index (κ1) is 9.86. The molecule has 0 radical (unpaired) electrons. The van der Waals surface area contributed by atoms with Crippen LogP contribution in [0.3, 0.4) is 0 Å². The summed E-state index contributed by atoms with van der Waals surface area (Å²) in [5.74, 6) is 0. The number of alkyl halides is 2. The second kappa shape index (κ2) is 4.14. The fourth-order valence-electron chi connectivity index (χ4n) is 1.32. The lowest BCUT2D eigenvalue weighted by Crippen LogP contribution is -2.48. The molecule has 0 spiro atoms. The third-order valence-electron chi connectivity index (χ3n) is 2.28. The Labute approximate surface area is 71.3 Å². The summed E-state index contributed by atoms with van der Waals surface area (Å²) in [4.78, 5) is 0. The lowest BCUT2D eigenvalue weighted by molar-refractivity contribution is 0.0359. The van der Waals surface area contributed by atoms with Crippen LogP contribution in [0.1, 0.15) is 19.8 Å². The van der Waals surface area contributed by atoms with Crippen LogP contribution in [0.2, 0.25) is 0 Å². The van der Waals surface area contributed by atoms with E-state index in [-0.39, 0.29) is 12.1 Å². The molecule has 1 rings (SSSR count). The molecule has 1 heterocycles. The van der Waals surface area contributed by atoms with Crippen molar-refractivity contribution in [2.75, 3.05) is 19.8 Å². The summed E-state index contributed by atoms with van der Waals surface area (Å²) in [5, 5.41) is 2.87. The minimum absolute atomic E-state index is 0.144. The quantitative estimate of drug-likeness (QED) is 0.707. The van der Waals surface area contributed by atoms with E-state index in [9.17, 15) is 8.78 Å². The first-order valence-corrected chi connectivity index (χ1v) is 4.23. The number of halogens is 2. The molecule has 72 valence electrons. The molecule has 12 heavy (non-hydrogen) atoms. The molecule has 2 nitrogen and oxygen atoms in total. The highest BCUT2D eigenvalue weighted by molar-refractivity contribution is 4.85. The van der Waals surface area contributed by atoms with Crippen molar-refractivity contribution < 1.29 is 13.5 Å². The fourth-order valence-corrected chi connectivity index (χ4v) is 1.32. The van der Waals surface area contributed by atoms with Crippen molar-refractivity contribution in [3.63, 3.8) is 0 Å². The van der Waals surface area contributed by atoms with Gasteiger partial charge in [0, 0.05) is 18.8 Å². The number of nitrogens with one attached hydrogen (secondary N) is 1. The Kier molecular flexibility index (Phi) is 3.40. The Morgan fingerprint density at radius 2 is 2.00 bits per heavy atom. The van der Waals surface area contributed by atoms with Crippen LogP contribution in [0.15, 0.2) is 0 Å². The largest absolute Gasteiger partial charge is 0.381 e. The van der Waals surface area contributed by atoms with Gasteiger partial charge >= 0.3 is 0 Å². The van der Waals surface area contributed by atoms with Crippen molar-refractivity contribution in [2.45, 2.75) is 31.7 Å². The predicted molar refractivity (Wildman–Crippen MR) is 42.5 cm³/mol. The summed E-state index contributed by atoms with van der Waals surface area (Å²) in [7, 11) is 0. The van der Waals surface area contributed by atoms with Crippen molar-refractivity contribution in [3.8, 4) is 0 Å². The third-order valence-corrected chi connectivity index (χ3v) is 2.28. The van der Waals surface area contributed by atoms with Crippen LogP contribution in [0.5, 0.6) is 0 Å². The zero-order valence-corrected chi connectivity index (χ0v) is 7.28. The van der Waals surface area contributed by atoms with Crippen molar-refractivity contribution >= 4 is 0 Å². The Hall–Kier alpha value is -0.220. The second-order valence-corrected chi connectivity index (χ2v) is 3.45. The van der Waals surface area contributed by atoms with Gasteiger partial charge in [-0.2, -0.15) is 0 Å². The summed E-state index contributed by atoms with van der Waals surface area (Å²) in [6.07, 6.45) is -0.621. The Balaban J connectivity index is 2.26. The lowest BCUT2D eigenvalue weighted by Gasteiger charge is -2.34. The van der Waals surface area contributed by atoms with Gasteiger partial charge in [-0.3, -0.25) is 0 Å². The molecule has 0 saturated carbocycles. The van der Waals surface area contributed by atoms with Gasteiger partial charge in [-0.25, -0.2) is 8.78 Å². The van der Waals surface area contributed by atoms with E-state index in [0.717, 1.165) is 12.8 Å². The molecule has 0 atom stereocenters. The molecule has 0 aromatic rings. The van der Waals surface area contributed by atoms with Gasteiger partial charge in [0.25, 0.3) is 6.43 Å². The Morgan fingerprint density at radius 3 is 2.50 bits per heavy atom. The number of hydrogen-bond acceptors (Lipinski definition) is 2. The maximum Gasteiger partial charge on any atom is 0.250 e. The standard InChI is InChI=1S/C8H15F2NO/c1-8(11-6-7(9)10)2-4-12-5-3-8/h7,11H,2-6H2,1H3. The van der Waals surface area contributed by atoms with Crippen molar-refractivity contribution in [2.24, 2.45) is 0 Å². The zero-order valence-electron chi connectivity index (χ0n) is 7.28. The van der Waals surface area contributed by atoms with E-state index in [0.29, 0.717) is 13.2 Å². The Morgan fingerprint density at radius 1 is 1.42 bits per heavy atom. The van der Waals surface area contributed by atoms with E-state index in [2.05, 4.69) is 5.32 Å². The molecule has 1 aliphatic heterocycles. The topological polar surface area (TPSA) is 21.3 Å². The van der Waals surface area contributed by atoms with E-state index in [1.807, 2.05) is 6.92 Å². The molecular weight excluding hydrogens is 164 g/mol. The van der Waals surface area contributed by atoms with E-state index in [1.54, 1.807) is 0 Å². The van der Waals surface area contributed by atoms with E-state index >= 15 is 0 Å². The maximum atomic E-state index is 11.9. The molecule has 0 amide bonds. The first-order chi connectivity index (χ1) is 5.62. The molecule has 0 aromatic heterocycles. The average Bonchev–Trinajstić information content (AvgIpc) is 2.03. The zero-order chi connectivity index (χ0) is 9.03. The van der Waals surface area contributed by atoms with Gasteiger partial charge < -0.3 is 10.1 Å². The van der Waals surface area contributed by atoms with Gasteiger partial charge in [0.2, 0.25) is 0 Å². The molecule has 1 saturated heterocycles. The van der Waals surface area contributed by atoms with E-state index in [1.165, 1.54) is 0 Å². The molecule has 0 unspecified atom stereocenters. The van der Waals surface area contributed by atoms with Crippen LogP contribution in [0.4, 0.5) is 8.78 Å². The second-order valence-electron chi connectivity index (χ2n) is 3.45. The van der Waals surface area contributed by atoms with Crippen molar-refractivity contribution in [3.05, 3.63) is 0 Å². The van der Waals surface area contributed by atoms with Crippen LogP contribution in [-0.2, 0) is 4.74 Å². The summed E-state index contributed by atoms with van der Waals surface area (Å²) >= 11 is 0. The van der Waals surface area contributed by atoms with Crippen LogP contribution in [0, 0.1) is 0 Å². The van der Waals surface area contributed by atoms with Gasteiger partial charge in [-0.1, -0.05) is 0 Å². The number of hydrogen-bond donors (Lipinski definition) is 1. The number of rotatable bonds is 3. The van der Waals surface area contributed by atoms with Gasteiger partial charge in [-0.05, 0) is 19.8 Å². The van der Waals surface area contributed by atoms with Crippen LogP contribution < -0.4 is 5.32 Å². The van der Waals surface area contributed by atoms with Crippen molar-refractivity contribution in [1.82, 2.24) is 5.32 Å². The van der Waals surface area contributed by atoms with Crippen LogP contribution in [0.25, 0.3) is 0 Å². The summed E-state index contributed by atoms with van der Waals surface area (Å²) in [6.45, 7) is 3.11. The summed E-state index contributed by atoms with van der Waals surface area (Å²) < 4.78 is 28.9. The Bertz CT molecular complexity index is 135. The predicted octanol–water partition coefficient (Wildman–Crippen LogP) is 1.41. The maximum absolute atomic E-state index is 11.9.